The van der Waals surface area contributed by atoms with Crippen LogP contribution < -0.4 is 10.0 Å². The van der Waals surface area contributed by atoms with Gasteiger partial charge in [-0.05, 0) is 54.6 Å². The Bertz CT molecular complexity index is 1380. The molecule has 2 N–H and O–H groups in total. The molecule has 36 heavy (non-hydrogen) atoms. The Morgan fingerprint density at radius 1 is 0.972 bits per heavy atom. The molecule has 1 aliphatic rings. The van der Waals surface area contributed by atoms with Crippen LogP contribution in [0.1, 0.15) is 34.5 Å². The van der Waals surface area contributed by atoms with Crippen LogP contribution in [0.2, 0.25) is 0 Å². The maximum absolute atomic E-state index is 13.8. The summed E-state index contributed by atoms with van der Waals surface area (Å²) in [6, 6.07) is 13.5. The number of ketones is 1. The first kappa shape index (κ1) is 25.5. The van der Waals surface area contributed by atoms with E-state index in [0.29, 0.717) is 16.8 Å². The number of Topliss-reactive ketones (excluding diaryl/α,β-unsaturated/α-hetero) is 1. The molecule has 1 aromatic heterocycles. The third-order valence-electron chi connectivity index (χ3n) is 6.10. The van der Waals surface area contributed by atoms with Crippen molar-refractivity contribution in [1.29, 1.82) is 0 Å². The van der Waals surface area contributed by atoms with Crippen LogP contribution >= 0.6 is 0 Å². The lowest BCUT2D eigenvalue weighted by Crippen LogP contribution is -2.54. The zero-order valence-electron chi connectivity index (χ0n) is 19.1. The molecule has 0 bridgehead atoms. The monoisotopic (exact) mass is 517 g/mol. The van der Waals surface area contributed by atoms with E-state index in [4.69, 9.17) is 0 Å². The minimum Gasteiger partial charge on any atom is -0.324 e. The van der Waals surface area contributed by atoms with Crippen molar-refractivity contribution in [2.75, 3.05) is 12.4 Å². The number of hydrogen-bond donors (Lipinski definition) is 2. The molecular formula is C25H22F3N3O4S. The molecule has 3 aromatic rings. The van der Waals surface area contributed by atoms with E-state index in [2.05, 4.69) is 15.0 Å². The Kier molecular flexibility index (Phi) is 6.72. The van der Waals surface area contributed by atoms with E-state index >= 15 is 0 Å². The number of anilines is 1. The van der Waals surface area contributed by atoms with Gasteiger partial charge in [-0.25, -0.2) is 26.3 Å². The van der Waals surface area contributed by atoms with E-state index < -0.39 is 51.7 Å². The van der Waals surface area contributed by atoms with Crippen LogP contribution in [0.15, 0.2) is 71.8 Å². The van der Waals surface area contributed by atoms with E-state index in [1.54, 1.807) is 0 Å². The Hall–Kier alpha value is -3.57. The first-order chi connectivity index (χ1) is 16.9. The topological polar surface area (TPSA) is 105 Å². The van der Waals surface area contributed by atoms with Gasteiger partial charge in [-0.3, -0.25) is 14.6 Å². The number of nitrogens with one attached hydrogen (secondary N) is 2. The first-order valence-corrected chi connectivity index (χ1v) is 12.4. The summed E-state index contributed by atoms with van der Waals surface area (Å²) < 4.78 is 66.8. The third kappa shape index (κ3) is 5.17. The van der Waals surface area contributed by atoms with Gasteiger partial charge >= 0.3 is 0 Å². The van der Waals surface area contributed by atoms with Crippen LogP contribution in [0.25, 0.3) is 0 Å². The van der Waals surface area contributed by atoms with Crippen molar-refractivity contribution >= 4 is 27.4 Å². The Morgan fingerprint density at radius 3 is 2.14 bits per heavy atom. The Labute approximate surface area is 205 Å². The second-order valence-corrected chi connectivity index (χ2v) is 10.5. The number of sulfonamides is 1. The molecule has 0 aliphatic heterocycles. The number of aromatic nitrogens is 1. The molecule has 7 nitrogen and oxygen atoms in total. The maximum Gasteiger partial charge on any atom is 0.250 e. The average Bonchev–Trinajstić information content (AvgIpc) is 2.83. The lowest BCUT2D eigenvalue weighted by Gasteiger charge is -2.46. The predicted octanol–water partition coefficient (Wildman–Crippen LogP) is 3.86. The van der Waals surface area contributed by atoms with Crippen molar-refractivity contribution in [3.8, 4) is 0 Å². The number of carbonyl (C=O) groups excluding carboxylic acids is 2. The summed E-state index contributed by atoms with van der Waals surface area (Å²) in [5.41, 5.74) is -0.376. The second-order valence-electron chi connectivity index (χ2n) is 8.64. The standard InChI is InChI=1S/C25H22F3N3O4S/c1-29-36(34,35)20-9-2-16(3-10-20)12-22(32)31-19-8-11-21(30-13-19)23(33)24(14-25(27,28)15-24)17-4-6-18(26)7-5-17/h2-11,13,29H,12,14-15H2,1H3,(H,31,32). The van der Waals surface area contributed by atoms with Crippen molar-refractivity contribution in [3.63, 3.8) is 0 Å². The highest BCUT2D eigenvalue weighted by atomic mass is 32.2. The highest BCUT2D eigenvalue weighted by Crippen LogP contribution is 2.54. The van der Waals surface area contributed by atoms with Gasteiger partial charge in [0.2, 0.25) is 15.9 Å². The zero-order valence-corrected chi connectivity index (χ0v) is 19.9. The summed E-state index contributed by atoms with van der Waals surface area (Å²) in [5.74, 6) is -4.55. The van der Waals surface area contributed by atoms with Gasteiger partial charge in [0.1, 0.15) is 11.5 Å². The molecule has 1 amide bonds. The number of rotatable bonds is 8. The zero-order chi connectivity index (χ0) is 26.1. The molecule has 1 aliphatic carbocycles. The predicted molar refractivity (Wildman–Crippen MR) is 126 cm³/mol. The molecule has 11 heteroatoms. The number of halogens is 3. The fourth-order valence-corrected chi connectivity index (χ4v) is 4.97. The first-order valence-electron chi connectivity index (χ1n) is 10.9. The number of pyridine rings is 1. The highest BCUT2D eigenvalue weighted by Gasteiger charge is 2.61. The fourth-order valence-electron chi connectivity index (χ4n) is 4.24. The number of benzene rings is 2. The molecule has 0 unspecified atom stereocenters. The largest absolute Gasteiger partial charge is 0.324 e. The highest BCUT2D eigenvalue weighted by molar-refractivity contribution is 7.89. The van der Waals surface area contributed by atoms with Crippen molar-refractivity contribution in [3.05, 3.63) is 89.5 Å². The van der Waals surface area contributed by atoms with Crippen LogP contribution in [0, 0.1) is 5.82 Å². The maximum atomic E-state index is 13.8. The molecule has 1 saturated carbocycles. The van der Waals surface area contributed by atoms with Crippen LogP contribution in [-0.4, -0.2) is 38.1 Å². The van der Waals surface area contributed by atoms with E-state index in [-0.39, 0.29) is 17.0 Å². The molecule has 2 aromatic carbocycles. The molecule has 4 rings (SSSR count). The molecular weight excluding hydrogens is 495 g/mol. The van der Waals surface area contributed by atoms with E-state index in [1.165, 1.54) is 61.8 Å². The van der Waals surface area contributed by atoms with Crippen molar-refractivity contribution < 1.29 is 31.2 Å². The Morgan fingerprint density at radius 2 is 1.61 bits per heavy atom. The van der Waals surface area contributed by atoms with Crippen LogP contribution in [0.3, 0.4) is 0 Å². The smallest absolute Gasteiger partial charge is 0.250 e. The van der Waals surface area contributed by atoms with Gasteiger partial charge in [0.05, 0.1) is 28.6 Å². The summed E-state index contributed by atoms with van der Waals surface area (Å²) in [5, 5.41) is 2.63. The summed E-state index contributed by atoms with van der Waals surface area (Å²) in [4.78, 5) is 29.7. The van der Waals surface area contributed by atoms with Gasteiger partial charge in [0.15, 0.2) is 5.78 Å². The lowest BCUT2D eigenvalue weighted by atomic mass is 9.59. The Balaban J connectivity index is 1.44. The number of carbonyl (C=O) groups is 2. The van der Waals surface area contributed by atoms with Crippen molar-refractivity contribution in [1.82, 2.24) is 9.71 Å². The fraction of sp³-hybridized carbons (Fsp3) is 0.240. The average molecular weight is 518 g/mol. The third-order valence-corrected chi connectivity index (χ3v) is 7.53. The quantitative estimate of drug-likeness (QED) is 0.442. The van der Waals surface area contributed by atoms with E-state index in [9.17, 15) is 31.2 Å². The molecule has 0 spiro atoms. The number of amides is 1. The van der Waals surface area contributed by atoms with E-state index in [0.717, 1.165) is 12.1 Å². The van der Waals surface area contributed by atoms with Crippen molar-refractivity contribution in [2.45, 2.75) is 35.5 Å². The van der Waals surface area contributed by atoms with Gasteiger partial charge in [0.25, 0.3) is 5.92 Å². The molecule has 0 radical (unpaired) electrons. The summed E-state index contributed by atoms with van der Waals surface area (Å²) >= 11 is 0. The van der Waals surface area contributed by atoms with Crippen LogP contribution in [-0.2, 0) is 26.7 Å². The van der Waals surface area contributed by atoms with Crippen molar-refractivity contribution in [2.24, 2.45) is 0 Å². The van der Waals surface area contributed by atoms with E-state index in [1.807, 2.05) is 0 Å². The van der Waals surface area contributed by atoms with Gasteiger partial charge < -0.3 is 5.32 Å². The van der Waals surface area contributed by atoms with Gasteiger partial charge in [-0.15, -0.1) is 0 Å². The van der Waals surface area contributed by atoms with Gasteiger partial charge in [0, 0.05) is 12.8 Å². The number of nitrogens with zero attached hydrogens (tertiary/aromatic N) is 1. The summed E-state index contributed by atoms with van der Waals surface area (Å²) in [6.07, 6.45) is -0.176. The summed E-state index contributed by atoms with van der Waals surface area (Å²) in [7, 11) is -2.28. The lowest BCUT2D eigenvalue weighted by molar-refractivity contribution is -0.115. The van der Waals surface area contributed by atoms with Gasteiger partial charge in [-0.2, -0.15) is 0 Å². The number of hydrogen-bond acceptors (Lipinski definition) is 5. The molecule has 1 heterocycles. The van der Waals surface area contributed by atoms with Crippen LogP contribution in [0.5, 0.6) is 0 Å². The molecule has 0 saturated heterocycles. The molecule has 0 atom stereocenters. The second kappa shape index (κ2) is 9.47. The van der Waals surface area contributed by atoms with Crippen LogP contribution in [0.4, 0.5) is 18.9 Å². The van der Waals surface area contributed by atoms with Gasteiger partial charge in [-0.1, -0.05) is 24.3 Å². The normalized spacial score (nSPS) is 16.1. The summed E-state index contributed by atoms with van der Waals surface area (Å²) in [6.45, 7) is 0. The number of alkyl halides is 2. The SMILES string of the molecule is CNS(=O)(=O)c1ccc(CC(=O)Nc2ccc(C(=O)C3(c4ccc(F)cc4)CC(F)(F)C3)nc2)cc1. The minimum absolute atomic E-state index is 0.0384. The minimum atomic E-state index is -3.58. The molecule has 1 fully saturated rings. The molecule has 188 valence electrons.